The Labute approximate surface area is 181 Å². The van der Waals surface area contributed by atoms with Crippen molar-refractivity contribution in [2.24, 2.45) is 0 Å². The fourth-order valence-electron chi connectivity index (χ4n) is 3.55. The van der Waals surface area contributed by atoms with Gasteiger partial charge >= 0.3 is 0 Å². The molecule has 0 saturated heterocycles. The molecule has 0 aliphatic carbocycles. The van der Waals surface area contributed by atoms with E-state index >= 15 is 0 Å². The first-order chi connectivity index (χ1) is 15.0. The van der Waals surface area contributed by atoms with Crippen molar-refractivity contribution in [2.75, 3.05) is 21.2 Å². The number of aromatic amines is 1. The summed E-state index contributed by atoms with van der Waals surface area (Å²) in [6.45, 7) is 0. The van der Waals surface area contributed by atoms with E-state index in [1.54, 1.807) is 44.4 Å². The third-order valence-electron chi connectivity index (χ3n) is 5.20. The lowest BCUT2D eigenvalue weighted by Crippen LogP contribution is -2.21. The zero-order valence-corrected chi connectivity index (χ0v) is 17.8. The first-order valence-electron chi connectivity index (χ1n) is 9.97. The molecule has 0 aliphatic rings. The second-order valence-corrected chi connectivity index (χ2v) is 7.59. The van der Waals surface area contributed by atoms with Gasteiger partial charge in [0.25, 0.3) is 5.91 Å². The average molecular weight is 412 g/mol. The molecule has 6 nitrogen and oxygen atoms in total. The summed E-state index contributed by atoms with van der Waals surface area (Å²) in [5.74, 6) is 0.754. The van der Waals surface area contributed by atoms with E-state index in [1.165, 1.54) is 0 Å². The van der Waals surface area contributed by atoms with Crippen molar-refractivity contribution in [2.45, 2.75) is 6.42 Å². The summed E-state index contributed by atoms with van der Waals surface area (Å²) in [6, 6.07) is 19.2. The maximum atomic E-state index is 12.1. The molecule has 0 spiro atoms. The number of carbonyl (C=O) groups is 1. The highest BCUT2D eigenvalue weighted by Gasteiger charge is 2.14. The Bertz CT molecular complexity index is 1260. The molecular formula is C25H24N4O2. The smallest absolute Gasteiger partial charge is 0.253 e. The number of ether oxygens (including phenoxy) is 1. The number of nitrogens with one attached hydrogen (secondary N) is 2. The van der Waals surface area contributed by atoms with Crippen LogP contribution in [0.2, 0.25) is 0 Å². The minimum Gasteiger partial charge on any atom is -0.497 e. The fourth-order valence-corrected chi connectivity index (χ4v) is 3.55. The molecule has 2 aromatic carbocycles. The number of hydrogen-bond donors (Lipinski definition) is 2. The van der Waals surface area contributed by atoms with Crippen LogP contribution in [-0.2, 0) is 6.42 Å². The van der Waals surface area contributed by atoms with E-state index in [1.807, 2.05) is 48.5 Å². The van der Waals surface area contributed by atoms with Crippen LogP contribution in [0.15, 0.2) is 66.9 Å². The lowest BCUT2D eigenvalue weighted by molar-refractivity contribution is 0.0827. The molecule has 0 unspecified atom stereocenters. The van der Waals surface area contributed by atoms with Gasteiger partial charge in [0.2, 0.25) is 0 Å². The van der Waals surface area contributed by atoms with Crippen LogP contribution in [0.4, 0.5) is 0 Å². The highest BCUT2D eigenvalue weighted by Crippen LogP contribution is 2.28. The van der Waals surface area contributed by atoms with Crippen molar-refractivity contribution in [1.29, 1.82) is 5.41 Å². The molecule has 31 heavy (non-hydrogen) atoms. The largest absolute Gasteiger partial charge is 0.497 e. The number of methoxy groups -OCH3 is 1. The van der Waals surface area contributed by atoms with Crippen molar-refractivity contribution in [3.63, 3.8) is 0 Å². The van der Waals surface area contributed by atoms with Crippen LogP contribution in [0.3, 0.4) is 0 Å². The van der Waals surface area contributed by atoms with Crippen LogP contribution in [-0.4, -0.2) is 47.7 Å². The van der Waals surface area contributed by atoms with Gasteiger partial charge in [-0.25, -0.2) is 0 Å². The van der Waals surface area contributed by atoms with Gasteiger partial charge in [0.05, 0.1) is 18.5 Å². The molecule has 6 heteroatoms. The summed E-state index contributed by atoms with van der Waals surface area (Å²) in [7, 11) is 5.11. The third-order valence-corrected chi connectivity index (χ3v) is 5.20. The minimum atomic E-state index is -0.0366. The molecule has 2 aromatic heterocycles. The topological polar surface area (TPSA) is 82.1 Å². The van der Waals surface area contributed by atoms with E-state index in [9.17, 15) is 4.79 Å². The first kappa shape index (κ1) is 20.3. The minimum absolute atomic E-state index is 0.0366. The van der Waals surface area contributed by atoms with E-state index in [-0.39, 0.29) is 5.91 Å². The van der Waals surface area contributed by atoms with Gasteiger partial charge in [-0.05, 0) is 42.0 Å². The Morgan fingerprint density at radius 1 is 1.10 bits per heavy atom. The monoisotopic (exact) mass is 412 g/mol. The van der Waals surface area contributed by atoms with Gasteiger partial charge in [-0.1, -0.05) is 24.3 Å². The highest BCUT2D eigenvalue weighted by atomic mass is 16.5. The molecule has 0 fully saturated rings. The average Bonchev–Trinajstić information content (AvgIpc) is 3.23. The van der Waals surface area contributed by atoms with Crippen LogP contribution in [0.25, 0.3) is 22.2 Å². The zero-order valence-electron chi connectivity index (χ0n) is 17.8. The Morgan fingerprint density at radius 3 is 2.58 bits per heavy atom. The maximum Gasteiger partial charge on any atom is 0.253 e. The Morgan fingerprint density at radius 2 is 1.87 bits per heavy atom. The molecule has 0 bridgehead atoms. The zero-order chi connectivity index (χ0) is 22.0. The van der Waals surface area contributed by atoms with Gasteiger partial charge in [-0.15, -0.1) is 0 Å². The summed E-state index contributed by atoms with van der Waals surface area (Å²) in [6.07, 6.45) is 2.15. The van der Waals surface area contributed by atoms with Gasteiger partial charge in [-0.3, -0.25) is 9.78 Å². The number of nitrogens with zero attached hydrogens (tertiary/aromatic N) is 2. The first-order valence-corrected chi connectivity index (χ1v) is 9.97. The molecule has 0 saturated carbocycles. The second-order valence-electron chi connectivity index (χ2n) is 7.59. The summed E-state index contributed by atoms with van der Waals surface area (Å²) >= 11 is 0. The number of aromatic nitrogens is 2. The third kappa shape index (κ3) is 4.19. The normalized spacial score (nSPS) is 10.8. The Balaban J connectivity index is 1.61. The molecular weight excluding hydrogens is 388 g/mol. The SMILES string of the molecule is COc1cccc(-c2cc3c(C(=N)Cc4ccc(C(=O)N(C)C)cc4)nccc3[nH]2)c1. The summed E-state index contributed by atoms with van der Waals surface area (Å²) in [4.78, 5) is 21.5. The van der Waals surface area contributed by atoms with Gasteiger partial charge < -0.3 is 20.0 Å². The quantitative estimate of drug-likeness (QED) is 0.456. The van der Waals surface area contributed by atoms with E-state index in [0.717, 1.165) is 33.5 Å². The number of pyridine rings is 1. The van der Waals surface area contributed by atoms with Crippen LogP contribution in [0, 0.1) is 5.41 Å². The number of amides is 1. The standard InChI is InChI=1S/C25H24N4O2/c1-29(2)25(30)17-9-7-16(8-10-17)13-21(26)24-20-15-23(28-22(20)11-12-27-24)18-5-4-6-19(14-18)31-3/h4-12,14-15,26,28H,13H2,1-3H3. The van der Waals surface area contributed by atoms with Crippen molar-refractivity contribution in [1.82, 2.24) is 14.9 Å². The number of fused-ring (bicyclic) bond motifs is 1. The van der Waals surface area contributed by atoms with Crippen molar-refractivity contribution in [3.05, 3.63) is 83.7 Å². The molecule has 0 aliphatic heterocycles. The maximum absolute atomic E-state index is 12.1. The number of hydrogen-bond acceptors (Lipinski definition) is 4. The molecule has 2 heterocycles. The summed E-state index contributed by atoms with van der Waals surface area (Å²) in [5.41, 5.74) is 5.55. The molecule has 4 rings (SSSR count). The van der Waals surface area contributed by atoms with Crippen LogP contribution in [0.1, 0.15) is 21.6 Å². The highest BCUT2D eigenvalue weighted by molar-refractivity contribution is 6.09. The van der Waals surface area contributed by atoms with Crippen molar-refractivity contribution < 1.29 is 9.53 Å². The Kier molecular flexibility index (Phi) is 5.54. The molecule has 0 radical (unpaired) electrons. The van der Waals surface area contributed by atoms with Crippen LogP contribution >= 0.6 is 0 Å². The number of benzene rings is 2. The number of H-pyrrole nitrogens is 1. The molecule has 2 N–H and O–H groups in total. The van der Waals surface area contributed by atoms with Gasteiger partial charge in [0, 0.05) is 54.4 Å². The molecule has 4 aromatic rings. The predicted octanol–water partition coefficient (Wildman–Crippen LogP) is 4.55. The lowest BCUT2D eigenvalue weighted by atomic mass is 10.0. The fraction of sp³-hybridized carbons (Fsp3) is 0.160. The molecule has 1 amide bonds. The Hall–Kier alpha value is -3.93. The van der Waals surface area contributed by atoms with E-state index in [2.05, 4.69) is 9.97 Å². The van der Waals surface area contributed by atoms with E-state index < -0.39 is 0 Å². The molecule has 0 atom stereocenters. The number of carbonyl (C=O) groups excluding carboxylic acids is 1. The van der Waals surface area contributed by atoms with Crippen LogP contribution < -0.4 is 4.74 Å². The predicted molar refractivity (Wildman–Crippen MR) is 123 cm³/mol. The van der Waals surface area contributed by atoms with Crippen molar-refractivity contribution in [3.8, 4) is 17.0 Å². The molecule has 156 valence electrons. The lowest BCUT2D eigenvalue weighted by Gasteiger charge is -2.11. The second kappa shape index (κ2) is 8.44. The van der Waals surface area contributed by atoms with Gasteiger partial charge in [0.1, 0.15) is 5.75 Å². The van der Waals surface area contributed by atoms with Gasteiger partial charge in [0.15, 0.2) is 0 Å². The summed E-state index contributed by atoms with van der Waals surface area (Å²) < 4.78 is 5.33. The summed E-state index contributed by atoms with van der Waals surface area (Å²) in [5, 5.41) is 9.57. The van der Waals surface area contributed by atoms with Crippen molar-refractivity contribution >= 4 is 22.5 Å². The van der Waals surface area contributed by atoms with Crippen LogP contribution in [0.5, 0.6) is 5.75 Å². The van der Waals surface area contributed by atoms with Gasteiger partial charge in [-0.2, -0.15) is 0 Å². The van der Waals surface area contributed by atoms with E-state index in [4.69, 9.17) is 10.1 Å². The number of rotatable bonds is 6. The van der Waals surface area contributed by atoms with E-state index in [0.29, 0.717) is 23.4 Å².